The van der Waals surface area contributed by atoms with E-state index in [1.54, 1.807) is 6.07 Å². The molecule has 3 aromatic heterocycles. The summed E-state index contributed by atoms with van der Waals surface area (Å²) in [6.45, 7) is 9.01. The number of nitrogens with zero attached hydrogens (tertiary/aromatic N) is 2. The van der Waals surface area contributed by atoms with Crippen LogP contribution in [-0.4, -0.2) is 18.0 Å². The zero-order chi connectivity index (χ0) is 30.0. The van der Waals surface area contributed by atoms with E-state index in [9.17, 15) is 4.39 Å². The molecule has 0 unspecified atom stereocenters. The van der Waals surface area contributed by atoms with E-state index in [0.717, 1.165) is 22.5 Å². The van der Waals surface area contributed by atoms with Crippen molar-refractivity contribution < 1.29 is 24.5 Å². The Hall–Kier alpha value is -3.80. The molecule has 3 heterocycles. The van der Waals surface area contributed by atoms with Crippen LogP contribution in [0.1, 0.15) is 5.56 Å². The summed E-state index contributed by atoms with van der Waals surface area (Å²) < 4.78 is 15.3. The summed E-state index contributed by atoms with van der Waals surface area (Å²) in [6, 6.07) is 40.2. The summed E-state index contributed by atoms with van der Waals surface area (Å²) in [5.74, 6) is -0.271. The first kappa shape index (κ1) is 31.6. The third kappa shape index (κ3) is 6.79. The second-order valence-electron chi connectivity index (χ2n) is 11.5. The Bertz CT molecular complexity index is 2020. The number of aromatic nitrogens is 2. The molecule has 0 saturated heterocycles. The number of fused-ring (bicyclic) bond motifs is 3. The largest absolute Gasteiger partial charge is 0.305 e. The maximum absolute atomic E-state index is 12.8. The van der Waals surface area contributed by atoms with Gasteiger partial charge in [-0.05, 0) is 50.8 Å². The van der Waals surface area contributed by atoms with Crippen molar-refractivity contribution >= 4 is 44.8 Å². The van der Waals surface area contributed by atoms with Crippen molar-refractivity contribution in [3.63, 3.8) is 0 Å². The molecule has 221 valence electrons. The van der Waals surface area contributed by atoms with Crippen LogP contribution in [0.25, 0.3) is 53.8 Å². The molecule has 0 atom stereocenters. The van der Waals surface area contributed by atoms with E-state index in [-0.39, 0.29) is 25.9 Å². The minimum Gasteiger partial charge on any atom is -0.305 e. The van der Waals surface area contributed by atoms with E-state index < -0.39 is 8.07 Å². The zero-order valence-electron chi connectivity index (χ0n) is 25.0. The van der Waals surface area contributed by atoms with Gasteiger partial charge in [-0.15, -0.1) is 53.6 Å². The maximum Gasteiger partial charge on any atom is 0.0795 e. The average molecular weight is 787 g/mol. The molecule has 2 nitrogen and oxygen atoms in total. The Morgan fingerprint density at radius 1 is 0.750 bits per heavy atom. The number of pyridine rings is 2. The van der Waals surface area contributed by atoms with Crippen LogP contribution in [0.2, 0.25) is 19.6 Å². The van der Waals surface area contributed by atoms with Crippen molar-refractivity contribution in [2.75, 3.05) is 0 Å². The van der Waals surface area contributed by atoms with Crippen LogP contribution in [0, 0.1) is 24.9 Å². The molecule has 0 N–H and O–H groups in total. The fourth-order valence-electron chi connectivity index (χ4n) is 5.06. The molecule has 0 amide bonds. The fraction of sp³-hybridized carbons (Fsp3) is 0.105. The second-order valence-corrected chi connectivity index (χ2v) is 17.7. The third-order valence-electron chi connectivity index (χ3n) is 7.47. The minimum absolute atomic E-state index is 0. The molecule has 0 bridgehead atoms. The quantitative estimate of drug-likeness (QED) is 0.131. The number of hydrogen-bond donors (Lipinski definition) is 0. The number of thiophene rings is 1. The molecule has 4 aromatic carbocycles. The first-order valence-corrected chi connectivity index (χ1v) is 18.6. The zero-order valence-corrected chi connectivity index (χ0v) is 29.2. The van der Waals surface area contributed by atoms with Gasteiger partial charge < -0.3 is 9.97 Å². The molecule has 0 spiro atoms. The predicted octanol–water partition coefficient (Wildman–Crippen LogP) is 10.1. The fourth-order valence-corrected chi connectivity index (χ4v) is 7.30. The first-order chi connectivity index (χ1) is 20.8. The summed E-state index contributed by atoms with van der Waals surface area (Å²) in [6.07, 6.45) is 3.92. The van der Waals surface area contributed by atoms with E-state index >= 15 is 0 Å². The SMILES string of the molecule is C[Si](C)(C)c1ccc(-c2[c-]cc(F)cc2)nc1.Cc1cc(-c2[c-]ccc3c2sc2ccccc23)ncc1-c1ccccc1.[Ir]. The normalized spacial score (nSPS) is 11.1. The second kappa shape index (κ2) is 13.5. The van der Waals surface area contributed by atoms with Crippen LogP contribution >= 0.6 is 11.3 Å². The smallest absolute Gasteiger partial charge is 0.0795 e. The van der Waals surface area contributed by atoms with Gasteiger partial charge in [-0.25, -0.2) is 0 Å². The molecule has 0 aliphatic rings. The van der Waals surface area contributed by atoms with Gasteiger partial charge in [0.1, 0.15) is 0 Å². The topological polar surface area (TPSA) is 25.8 Å². The maximum atomic E-state index is 12.8. The standard InChI is InChI=1S/C24H16NS.C14H15FNSi.Ir/c1-16-14-22(25-15-21(16)17-8-3-2-4-9-17)20-12-7-11-19-18-10-5-6-13-23(18)26-24(19)20;1-17(2,3)13-8-9-14(16-10-13)11-4-6-12(15)7-5-11;/h2-11,13-15H,1H3;4,6-10H,1-3H3;/q2*-1;. The molecule has 0 saturated carbocycles. The molecular weight excluding hydrogens is 756 g/mol. The minimum atomic E-state index is -1.30. The molecule has 7 aromatic rings. The van der Waals surface area contributed by atoms with Crippen LogP contribution in [0.15, 0.2) is 116 Å². The van der Waals surface area contributed by atoms with Crippen LogP contribution in [0.3, 0.4) is 0 Å². The van der Waals surface area contributed by atoms with Gasteiger partial charge in [0.2, 0.25) is 0 Å². The van der Waals surface area contributed by atoms with Gasteiger partial charge in [0.05, 0.1) is 8.07 Å². The van der Waals surface area contributed by atoms with E-state index in [4.69, 9.17) is 4.98 Å². The first-order valence-electron chi connectivity index (χ1n) is 14.3. The van der Waals surface area contributed by atoms with Crippen molar-refractivity contribution in [1.82, 2.24) is 9.97 Å². The van der Waals surface area contributed by atoms with Gasteiger partial charge in [0.15, 0.2) is 0 Å². The third-order valence-corrected chi connectivity index (χ3v) is 10.7. The molecular formula is C38H31FIrN2SSi-2. The van der Waals surface area contributed by atoms with Crippen molar-refractivity contribution in [3.05, 3.63) is 139 Å². The molecule has 0 fully saturated rings. The molecule has 0 aliphatic heterocycles. The summed E-state index contributed by atoms with van der Waals surface area (Å²) in [5.41, 5.74) is 7.35. The van der Waals surface area contributed by atoms with E-state index in [2.05, 4.69) is 110 Å². The Morgan fingerprint density at radius 2 is 1.50 bits per heavy atom. The van der Waals surface area contributed by atoms with Gasteiger partial charge >= 0.3 is 0 Å². The Labute approximate surface area is 277 Å². The average Bonchev–Trinajstić information content (AvgIpc) is 3.41. The number of benzene rings is 4. The summed E-state index contributed by atoms with van der Waals surface area (Å²) >= 11 is 1.82. The van der Waals surface area contributed by atoms with E-state index in [0.29, 0.717) is 0 Å². The predicted molar refractivity (Wildman–Crippen MR) is 183 cm³/mol. The number of halogens is 1. The van der Waals surface area contributed by atoms with Crippen LogP contribution in [0.4, 0.5) is 4.39 Å². The molecule has 7 rings (SSSR count). The van der Waals surface area contributed by atoms with Crippen molar-refractivity contribution in [2.24, 2.45) is 0 Å². The molecule has 1 radical (unpaired) electrons. The van der Waals surface area contributed by atoms with Crippen LogP contribution in [0.5, 0.6) is 0 Å². The van der Waals surface area contributed by atoms with Gasteiger partial charge in [0.25, 0.3) is 0 Å². The Kier molecular flexibility index (Phi) is 9.67. The molecule has 6 heteroatoms. The molecule has 0 aliphatic carbocycles. The monoisotopic (exact) mass is 787 g/mol. The van der Waals surface area contributed by atoms with E-state index in [1.165, 1.54) is 54.2 Å². The van der Waals surface area contributed by atoms with Gasteiger partial charge in [-0.2, -0.15) is 11.3 Å². The number of aryl methyl sites for hydroxylation is 1. The van der Waals surface area contributed by atoms with Crippen LogP contribution < -0.4 is 5.19 Å². The van der Waals surface area contributed by atoms with Crippen molar-refractivity contribution in [3.8, 4) is 33.6 Å². The number of rotatable bonds is 4. The molecule has 44 heavy (non-hydrogen) atoms. The Balaban J connectivity index is 0.000000187. The van der Waals surface area contributed by atoms with Crippen molar-refractivity contribution in [1.29, 1.82) is 0 Å². The summed E-state index contributed by atoms with van der Waals surface area (Å²) in [5, 5.41) is 3.91. The van der Waals surface area contributed by atoms with Gasteiger partial charge in [0, 0.05) is 48.6 Å². The van der Waals surface area contributed by atoms with Crippen LogP contribution in [-0.2, 0) is 20.1 Å². The van der Waals surface area contributed by atoms with Gasteiger partial charge in [-0.1, -0.05) is 91.8 Å². The summed E-state index contributed by atoms with van der Waals surface area (Å²) in [7, 11) is -1.30. The summed E-state index contributed by atoms with van der Waals surface area (Å²) in [4.78, 5) is 9.21. The van der Waals surface area contributed by atoms with Crippen molar-refractivity contribution in [2.45, 2.75) is 26.6 Å². The van der Waals surface area contributed by atoms with Gasteiger partial charge in [-0.3, -0.25) is 4.39 Å². The van der Waals surface area contributed by atoms with E-state index in [1.807, 2.05) is 41.9 Å². The number of hydrogen-bond acceptors (Lipinski definition) is 3. The Morgan fingerprint density at radius 3 is 2.18 bits per heavy atom.